The van der Waals surface area contributed by atoms with Crippen LogP contribution in [0.2, 0.25) is 0 Å². The van der Waals surface area contributed by atoms with Gasteiger partial charge in [0.2, 0.25) is 0 Å². The molecule has 13 heavy (non-hydrogen) atoms. The standard InChI is InChI=1S/C8H13N5/c9-7(8-10-6-11-12-8)13-4-2-1-3-5-13/h6,9H,1-5H2,(H,10,11,12). The van der Waals surface area contributed by atoms with Gasteiger partial charge in [0, 0.05) is 13.1 Å². The van der Waals surface area contributed by atoms with Crippen LogP contribution in [0.5, 0.6) is 0 Å². The minimum atomic E-state index is 0.470. The number of aromatic nitrogens is 3. The molecule has 0 aliphatic carbocycles. The van der Waals surface area contributed by atoms with Crippen molar-refractivity contribution < 1.29 is 0 Å². The van der Waals surface area contributed by atoms with Crippen molar-refractivity contribution in [2.24, 2.45) is 0 Å². The predicted molar refractivity (Wildman–Crippen MR) is 48.6 cm³/mol. The molecular weight excluding hydrogens is 166 g/mol. The zero-order chi connectivity index (χ0) is 9.10. The Kier molecular flexibility index (Phi) is 2.25. The summed E-state index contributed by atoms with van der Waals surface area (Å²) in [7, 11) is 0. The molecule has 1 fully saturated rings. The largest absolute Gasteiger partial charge is 0.354 e. The maximum atomic E-state index is 7.83. The van der Waals surface area contributed by atoms with Crippen LogP contribution in [0.25, 0.3) is 0 Å². The molecule has 0 spiro atoms. The van der Waals surface area contributed by atoms with Crippen molar-refractivity contribution in [2.45, 2.75) is 19.3 Å². The highest BCUT2D eigenvalue weighted by Gasteiger charge is 2.16. The molecule has 0 unspecified atom stereocenters. The average Bonchev–Trinajstić information content (AvgIpc) is 2.71. The van der Waals surface area contributed by atoms with Gasteiger partial charge < -0.3 is 4.90 Å². The third kappa shape index (κ3) is 1.68. The number of aromatic amines is 1. The number of rotatable bonds is 1. The summed E-state index contributed by atoms with van der Waals surface area (Å²) in [6.07, 6.45) is 5.07. The number of hydrogen-bond acceptors (Lipinski definition) is 3. The first-order valence-electron chi connectivity index (χ1n) is 4.57. The lowest BCUT2D eigenvalue weighted by molar-refractivity contribution is 0.340. The molecule has 1 saturated heterocycles. The summed E-state index contributed by atoms with van der Waals surface area (Å²) < 4.78 is 0. The molecule has 0 atom stereocenters. The van der Waals surface area contributed by atoms with Gasteiger partial charge in [-0.3, -0.25) is 10.5 Å². The van der Waals surface area contributed by atoms with Gasteiger partial charge in [0.25, 0.3) is 0 Å². The Labute approximate surface area is 76.7 Å². The lowest BCUT2D eigenvalue weighted by Gasteiger charge is -2.27. The molecule has 5 heteroatoms. The molecule has 70 valence electrons. The van der Waals surface area contributed by atoms with E-state index in [9.17, 15) is 0 Å². The molecule has 0 radical (unpaired) electrons. The number of nitrogens with zero attached hydrogens (tertiary/aromatic N) is 3. The first-order valence-corrected chi connectivity index (χ1v) is 4.57. The number of piperidine rings is 1. The highest BCUT2D eigenvalue weighted by Crippen LogP contribution is 2.10. The van der Waals surface area contributed by atoms with Crippen LogP contribution in [0.4, 0.5) is 0 Å². The molecule has 0 bridgehead atoms. The van der Waals surface area contributed by atoms with Gasteiger partial charge >= 0.3 is 0 Å². The van der Waals surface area contributed by atoms with Crippen molar-refractivity contribution in [3.05, 3.63) is 12.2 Å². The van der Waals surface area contributed by atoms with Crippen LogP contribution in [0.3, 0.4) is 0 Å². The molecule has 1 aliphatic heterocycles. The third-order valence-corrected chi connectivity index (χ3v) is 2.31. The Bertz CT molecular complexity index is 273. The number of likely N-dealkylation sites (tertiary alicyclic amines) is 1. The van der Waals surface area contributed by atoms with E-state index in [2.05, 4.69) is 15.2 Å². The van der Waals surface area contributed by atoms with E-state index in [0.29, 0.717) is 11.7 Å². The van der Waals surface area contributed by atoms with E-state index in [1.165, 1.54) is 25.6 Å². The fourth-order valence-corrected chi connectivity index (χ4v) is 1.59. The molecule has 0 saturated carbocycles. The Morgan fingerprint density at radius 1 is 1.38 bits per heavy atom. The van der Waals surface area contributed by atoms with E-state index in [1.807, 2.05) is 4.90 Å². The Morgan fingerprint density at radius 2 is 2.15 bits per heavy atom. The van der Waals surface area contributed by atoms with Crippen LogP contribution in [0, 0.1) is 5.41 Å². The van der Waals surface area contributed by atoms with Crippen LogP contribution in [-0.4, -0.2) is 39.0 Å². The van der Waals surface area contributed by atoms with E-state index < -0.39 is 0 Å². The maximum absolute atomic E-state index is 7.83. The van der Waals surface area contributed by atoms with Gasteiger partial charge in [-0.15, -0.1) is 0 Å². The summed E-state index contributed by atoms with van der Waals surface area (Å²) in [6, 6.07) is 0. The first-order chi connectivity index (χ1) is 6.38. The van der Waals surface area contributed by atoms with Crippen LogP contribution in [-0.2, 0) is 0 Å². The van der Waals surface area contributed by atoms with Crippen LogP contribution in [0.15, 0.2) is 6.33 Å². The predicted octanol–water partition coefficient (Wildman–Crippen LogP) is 0.616. The second-order valence-corrected chi connectivity index (χ2v) is 3.23. The summed E-state index contributed by atoms with van der Waals surface area (Å²) in [5.74, 6) is 1.04. The van der Waals surface area contributed by atoms with E-state index >= 15 is 0 Å². The second-order valence-electron chi connectivity index (χ2n) is 3.23. The lowest BCUT2D eigenvalue weighted by Crippen LogP contribution is -2.36. The van der Waals surface area contributed by atoms with Crippen molar-refractivity contribution in [3.8, 4) is 0 Å². The zero-order valence-electron chi connectivity index (χ0n) is 7.45. The number of H-pyrrole nitrogens is 1. The average molecular weight is 179 g/mol. The van der Waals surface area contributed by atoms with Gasteiger partial charge in [-0.1, -0.05) is 0 Å². The van der Waals surface area contributed by atoms with Gasteiger partial charge in [0.05, 0.1) is 0 Å². The van der Waals surface area contributed by atoms with Gasteiger partial charge in [-0.2, -0.15) is 5.10 Å². The molecule has 0 amide bonds. The molecule has 2 N–H and O–H groups in total. The number of amidine groups is 1. The van der Waals surface area contributed by atoms with E-state index in [1.54, 1.807) is 0 Å². The van der Waals surface area contributed by atoms with Gasteiger partial charge in [0.15, 0.2) is 11.7 Å². The van der Waals surface area contributed by atoms with Gasteiger partial charge in [0.1, 0.15) is 6.33 Å². The van der Waals surface area contributed by atoms with E-state index in [0.717, 1.165) is 13.1 Å². The maximum Gasteiger partial charge on any atom is 0.190 e. The summed E-state index contributed by atoms with van der Waals surface area (Å²) in [6.45, 7) is 1.94. The summed E-state index contributed by atoms with van der Waals surface area (Å²) in [5, 5.41) is 14.3. The van der Waals surface area contributed by atoms with Gasteiger partial charge in [-0.05, 0) is 19.3 Å². The monoisotopic (exact) mass is 179 g/mol. The molecular formula is C8H13N5. The normalized spacial score (nSPS) is 17.4. The smallest absolute Gasteiger partial charge is 0.190 e. The quantitative estimate of drug-likeness (QED) is 0.490. The van der Waals surface area contributed by atoms with Crippen molar-refractivity contribution in [2.75, 3.05) is 13.1 Å². The van der Waals surface area contributed by atoms with Crippen LogP contribution in [0.1, 0.15) is 25.1 Å². The molecule has 0 aromatic carbocycles. The summed E-state index contributed by atoms with van der Waals surface area (Å²) in [4.78, 5) is 6.00. The lowest BCUT2D eigenvalue weighted by atomic mass is 10.1. The fraction of sp³-hybridized carbons (Fsp3) is 0.625. The minimum Gasteiger partial charge on any atom is -0.354 e. The second kappa shape index (κ2) is 3.55. The Hall–Kier alpha value is -1.39. The van der Waals surface area contributed by atoms with Crippen molar-refractivity contribution in [1.29, 1.82) is 5.41 Å². The number of hydrogen-bond donors (Lipinski definition) is 2. The van der Waals surface area contributed by atoms with Crippen molar-refractivity contribution in [3.63, 3.8) is 0 Å². The Balaban J connectivity index is 2.04. The van der Waals surface area contributed by atoms with Crippen molar-refractivity contribution >= 4 is 5.84 Å². The molecule has 2 heterocycles. The number of nitrogens with one attached hydrogen (secondary N) is 2. The zero-order valence-corrected chi connectivity index (χ0v) is 7.45. The summed E-state index contributed by atoms with van der Waals surface area (Å²) >= 11 is 0. The minimum absolute atomic E-state index is 0.470. The SMILES string of the molecule is N=C(c1ncn[nH]1)N1CCCCC1. The highest BCUT2D eigenvalue weighted by molar-refractivity contribution is 5.92. The van der Waals surface area contributed by atoms with Crippen LogP contribution < -0.4 is 0 Å². The molecule has 2 rings (SSSR count). The van der Waals surface area contributed by atoms with Gasteiger partial charge in [-0.25, -0.2) is 4.98 Å². The third-order valence-electron chi connectivity index (χ3n) is 2.31. The topological polar surface area (TPSA) is 68.7 Å². The summed E-state index contributed by atoms with van der Waals surface area (Å²) in [5.41, 5.74) is 0. The Morgan fingerprint density at radius 3 is 2.77 bits per heavy atom. The fourth-order valence-electron chi connectivity index (χ4n) is 1.59. The first kappa shape index (κ1) is 8.22. The van der Waals surface area contributed by atoms with E-state index in [-0.39, 0.29) is 0 Å². The molecule has 5 nitrogen and oxygen atoms in total. The van der Waals surface area contributed by atoms with Crippen LogP contribution >= 0.6 is 0 Å². The molecule has 1 aromatic heterocycles. The molecule has 1 aliphatic rings. The van der Waals surface area contributed by atoms with E-state index in [4.69, 9.17) is 5.41 Å². The van der Waals surface area contributed by atoms with Crippen molar-refractivity contribution in [1.82, 2.24) is 20.1 Å². The highest BCUT2D eigenvalue weighted by atomic mass is 15.3. The molecule has 1 aromatic rings.